The van der Waals surface area contributed by atoms with Gasteiger partial charge in [-0.1, -0.05) is 18.7 Å². The van der Waals surface area contributed by atoms with Gasteiger partial charge in [0.1, 0.15) is 5.44 Å². The topological polar surface area (TPSA) is 40.5 Å². The summed E-state index contributed by atoms with van der Waals surface area (Å²) in [5, 5.41) is 17.5. The van der Waals surface area contributed by atoms with Crippen LogP contribution >= 0.6 is 11.8 Å². The number of aliphatic hydroxyl groups is 2. The van der Waals surface area contributed by atoms with Gasteiger partial charge in [0.15, 0.2) is 0 Å². The highest BCUT2D eigenvalue weighted by molar-refractivity contribution is 8.00. The van der Waals surface area contributed by atoms with Gasteiger partial charge in [-0.05, 0) is 13.3 Å². The summed E-state index contributed by atoms with van der Waals surface area (Å²) in [6, 6.07) is 0. The van der Waals surface area contributed by atoms with E-state index in [1.54, 1.807) is 6.92 Å². The molecule has 2 unspecified atom stereocenters. The van der Waals surface area contributed by atoms with Gasteiger partial charge in [0.2, 0.25) is 0 Å². The molecule has 0 saturated heterocycles. The quantitative estimate of drug-likeness (QED) is 0.563. The lowest BCUT2D eigenvalue weighted by Gasteiger charge is -2.07. The highest BCUT2D eigenvalue weighted by Gasteiger charge is 2.03. The first-order valence-electron chi connectivity index (χ1n) is 2.68. The predicted molar refractivity (Wildman–Crippen MR) is 35.6 cm³/mol. The third kappa shape index (κ3) is 4.43. The Balaban J connectivity index is 3.10. The molecule has 0 spiro atoms. The SMILES string of the molecule is CCC(O)SC(C)O. The molecule has 0 amide bonds. The van der Waals surface area contributed by atoms with E-state index < -0.39 is 10.9 Å². The molecule has 2 N–H and O–H groups in total. The molecule has 8 heavy (non-hydrogen) atoms. The molecule has 0 aromatic heterocycles. The molecule has 50 valence electrons. The molecule has 0 saturated carbocycles. The monoisotopic (exact) mass is 136 g/mol. The largest absolute Gasteiger partial charge is 0.383 e. The molecule has 2 nitrogen and oxygen atoms in total. The fraction of sp³-hybridized carbons (Fsp3) is 1.00. The minimum absolute atomic E-state index is 0.407. The van der Waals surface area contributed by atoms with Crippen molar-refractivity contribution in [3.8, 4) is 0 Å². The van der Waals surface area contributed by atoms with Crippen LogP contribution in [-0.2, 0) is 0 Å². The Bertz CT molecular complexity index is 56.4. The van der Waals surface area contributed by atoms with Crippen molar-refractivity contribution in [3.63, 3.8) is 0 Å². The van der Waals surface area contributed by atoms with Gasteiger partial charge in [0, 0.05) is 0 Å². The molecule has 0 aliphatic rings. The van der Waals surface area contributed by atoms with E-state index in [9.17, 15) is 0 Å². The number of thioether (sulfide) groups is 1. The van der Waals surface area contributed by atoms with Crippen LogP contribution in [0.4, 0.5) is 0 Å². The Morgan fingerprint density at radius 3 is 2.12 bits per heavy atom. The van der Waals surface area contributed by atoms with Crippen LogP contribution in [0.25, 0.3) is 0 Å². The summed E-state index contributed by atoms with van der Waals surface area (Å²) in [6.07, 6.45) is 0.690. The molecular weight excluding hydrogens is 124 g/mol. The Kier molecular flexibility index (Phi) is 4.32. The second kappa shape index (κ2) is 4.18. The second-order valence-electron chi connectivity index (χ2n) is 1.60. The lowest BCUT2D eigenvalue weighted by atomic mass is 10.5. The number of hydrogen-bond acceptors (Lipinski definition) is 3. The summed E-state index contributed by atoms with van der Waals surface area (Å²) >= 11 is 1.17. The van der Waals surface area contributed by atoms with Crippen LogP contribution in [0.1, 0.15) is 20.3 Å². The van der Waals surface area contributed by atoms with Crippen molar-refractivity contribution < 1.29 is 10.2 Å². The predicted octanol–water partition coefficient (Wildman–Crippen LogP) is 0.786. The summed E-state index contributed by atoms with van der Waals surface area (Å²) in [5.41, 5.74) is -0.861. The number of rotatable bonds is 3. The second-order valence-corrected chi connectivity index (χ2v) is 3.10. The summed E-state index contributed by atoms with van der Waals surface area (Å²) in [5.74, 6) is 0. The normalized spacial score (nSPS) is 18.0. The molecule has 0 bridgehead atoms. The zero-order chi connectivity index (χ0) is 6.57. The van der Waals surface area contributed by atoms with Gasteiger partial charge in [-0.3, -0.25) is 0 Å². The summed E-state index contributed by atoms with van der Waals surface area (Å²) in [4.78, 5) is 0. The Labute approximate surface area is 53.9 Å². The van der Waals surface area contributed by atoms with Crippen LogP contribution in [0.3, 0.4) is 0 Å². The van der Waals surface area contributed by atoms with Crippen LogP contribution in [0.15, 0.2) is 0 Å². The minimum atomic E-state index is -0.454. The standard InChI is InChI=1S/C5H12O2S/c1-3-5(7)8-4(2)6/h4-7H,3H2,1-2H3. The molecule has 0 aromatic rings. The fourth-order valence-corrected chi connectivity index (χ4v) is 0.971. The zero-order valence-corrected chi connectivity index (χ0v) is 5.98. The van der Waals surface area contributed by atoms with E-state index in [2.05, 4.69) is 0 Å². The van der Waals surface area contributed by atoms with Gasteiger partial charge in [-0.2, -0.15) is 0 Å². The van der Waals surface area contributed by atoms with E-state index in [1.165, 1.54) is 11.8 Å². The molecule has 2 atom stereocenters. The first kappa shape index (κ1) is 8.27. The van der Waals surface area contributed by atoms with Crippen molar-refractivity contribution in [3.05, 3.63) is 0 Å². The summed E-state index contributed by atoms with van der Waals surface area (Å²) < 4.78 is 0. The van der Waals surface area contributed by atoms with E-state index in [0.29, 0.717) is 6.42 Å². The van der Waals surface area contributed by atoms with Crippen LogP contribution < -0.4 is 0 Å². The third-order valence-corrected chi connectivity index (χ3v) is 1.74. The van der Waals surface area contributed by atoms with Gasteiger partial charge in [0.05, 0.1) is 5.44 Å². The Morgan fingerprint density at radius 1 is 1.50 bits per heavy atom. The number of aliphatic hydroxyl groups excluding tert-OH is 2. The molecule has 0 aliphatic carbocycles. The lowest BCUT2D eigenvalue weighted by Crippen LogP contribution is -2.04. The molecule has 0 heterocycles. The van der Waals surface area contributed by atoms with Crippen molar-refractivity contribution in [2.45, 2.75) is 31.1 Å². The summed E-state index contributed by atoms with van der Waals surface area (Å²) in [7, 11) is 0. The maximum absolute atomic E-state index is 8.83. The first-order chi connectivity index (χ1) is 3.66. The molecule has 0 aliphatic heterocycles. The zero-order valence-electron chi connectivity index (χ0n) is 5.16. The molecule has 0 rings (SSSR count). The lowest BCUT2D eigenvalue weighted by molar-refractivity contribution is 0.241. The first-order valence-corrected chi connectivity index (χ1v) is 3.62. The van der Waals surface area contributed by atoms with Gasteiger partial charge >= 0.3 is 0 Å². The van der Waals surface area contributed by atoms with Crippen LogP contribution in [-0.4, -0.2) is 21.1 Å². The highest BCUT2D eigenvalue weighted by atomic mass is 32.2. The van der Waals surface area contributed by atoms with Crippen LogP contribution in [0.2, 0.25) is 0 Å². The summed E-state index contributed by atoms with van der Waals surface area (Å²) in [6.45, 7) is 3.52. The fourth-order valence-electron chi connectivity index (χ4n) is 0.324. The highest BCUT2D eigenvalue weighted by Crippen LogP contribution is 2.14. The van der Waals surface area contributed by atoms with Crippen molar-refractivity contribution in [1.82, 2.24) is 0 Å². The maximum atomic E-state index is 8.83. The molecule has 3 heteroatoms. The Morgan fingerprint density at radius 2 is 2.00 bits per heavy atom. The minimum Gasteiger partial charge on any atom is -0.383 e. The Hall–Kier alpha value is 0.270. The third-order valence-electron chi connectivity index (χ3n) is 0.703. The molecular formula is C5H12O2S. The smallest absolute Gasteiger partial charge is 0.101 e. The van der Waals surface area contributed by atoms with Gasteiger partial charge < -0.3 is 10.2 Å². The van der Waals surface area contributed by atoms with E-state index in [4.69, 9.17) is 10.2 Å². The van der Waals surface area contributed by atoms with Crippen molar-refractivity contribution in [1.29, 1.82) is 0 Å². The number of hydrogen-bond donors (Lipinski definition) is 2. The van der Waals surface area contributed by atoms with Crippen LogP contribution in [0.5, 0.6) is 0 Å². The van der Waals surface area contributed by atoms with Crippen molar-refractivity contribution in [2.24, 2.45) is 0 Å². The van der Waals surface area contributed by atoms with E-state index in [1.807, 2.05) is 6.92 Å². The van der Waals surface area contributed by atoms with Crippen LogP contribution in [0, 0.1) is 0 Å². The maximum Gasteiger partial charge on any atom is 0.101 e. The van der Waals surface area contributed by atoms with Gasteiger partial charge in [-0.15, -0.1) is 0 Å². The average molecular weight is 136 g/mol. The molecule has 0 aromatic carbocycles. The molecule has 0 fully saturated rings. The van der Waals surface area contributed by atoms with E-state index in [0.717, 1.165) is 0 Å². The van der Waals surface area contributed by atoms with E-state index >= 15 is 0 Å². The van der Waals surface area contributed by atoms with Gasteiger partial charge in [-0.25, -0.2) is 0 Å². The average Bonchev–Trinajstić information content (AvgIpc) is 1.65. The van der Waals surface area contributed by atoms with E-state index in [-0.39, 0.29) is 0 Å². The molecule has 0 radical (unpaired) electrons. The van der Waals surface area contributed by atoms with Gasteiger partial charge in [0.25, 0.3) is 0 Å². The van der Waals surface area contributed by atoms with Crippen molar-refractivity contribution in [2.75, 3.05) is 0 Å². The van der Waals surface area contributed by atoms with Crippen molar-refractivity contribution >= 4 is 11.8 Å².